The van der Waals surface area contributed by atoms with E-state index in [4.69, 9.17) is 16.3 Å². The molecule has 0 spiro atoms. The maximum Gasteiger partial charge on any atom is 0.254 e. The molecule has 0 radical (unpaired) electrons. The largest absolute Gasteiger partial charge is 0.387 e. The second-order valence-electron chi connectivity index (χ2n) is 8.13. The number of piperazine rings is 1. The van der Waals surface area contributed by atoms with Crippen LogP contribution in [0, 0.1) is 5.82 Å². The highest BCUT2D eigenvalue weighted by molar-refractivity contribution is 6.28. The van der Waals surface area contributed by atoms with Crippen molar-refractivity contribution in [2.45, 2.75) is 24.5 Å². The number of rotatable bonds is 4. The number of aliphatic hydroxyl groups excluding tert-OH is 2. The molecule has 2 aliphatic rings. The number of carbonyl (C=O) groups is 1. The minimum absolute atomic E-state index is 0.0294. The van der Waals surface area contributed by atoms with E-state index in [1.54, 1.807) is 24.1 Å². The Morgan fingerprint density at radius 1 is 1.15 bits per heavy atom. The molecule has 3 N–H and O–H groups in total. The first-order valence-corrected chi connectivity index (χ1v) is 11.1. The van der Waals surface area contributed by atoms with Crippen LogP contribution in [0.25, 0.3) is 11.2 Å². The summed E-state index contributed by atoms with van der Waals surface area (Å²) in [6.07, 6.45) is -3.78. The number of ether oxygens (including phenoxy) is 1. The molecule has 2 fully saturated rings. The minimum atomic E-state index is -1.44. The number of hydrogen-bond donors (Lipinski definition) is 3. The molecule has 0 aliphatic carbocycles. The first-order valence-electron chi connectivity index (χ1n) is 10.8. The normalized spacial score (nSPS) is 25.2. The molecule has 2 saturated heterocycles. The number of carbonyl (C=O) groups excluding carboxylic acids is 1. The van der Waals surface area contributed by atoms with Gasteiger partial charge in [0.15, 0.2) is 29.3 Å². The van der Waals surface area contributed by atoms with Crippen molar-refractivity contribution in [3.8, 4) is 0 Å². The summed E-state index contributed by atoms with van der Waals surface area (Å²) < 4.78 is 20.5. The van der Waals surface area contributed by atoms with E-state index < -0.39 is 30.4 Å². The van der Waals surface area contributed by atoms with Crippen LogP contribution in [-0.4, -0.2) is 92.1 Å². The van der Waals surface area contributed by atoms with Crippen molar-refractivity contribution >= 4 is 40.2 Å². The third-order valence-electron chi connectivity index (χ3n) is 6.17. The average Bonchev–Trinajstić information content (AvgIpc) is 3.39. The maximum atomic E-state index is 13.2. The fraction of sp³-hybridized carbons (Fsp3) is 0.429. The third kappa shape index (κ3) is 3.92. The van der Waals surface area contributed by atoms with Gasteiger partial charge in [-0.15, -0.1) is 0 Å². The summed E-state index contributed by atoms with van der Waals surface area (Å²) in [6, 6.07) is 6.19. The number of aromatic nitrogens is 4. The number of benzene rings is 1. The highest BCUT2D eigenvalue weighted by atomic mass is 35.5. The highest BCUT2D eigenvalue weighted by Crippen LogP contribution is 2.34. The van der Waals surface area contributed by atoms with Gasteiger partial charge in [0, 0.05) is 38.9 Å². The summed E-state index contributed by atoms with van der Waals surface area (Å²) in [5.74, 6) is -0.325. The minimum Gasteiger partial charge on any atom is -0.387 e. The van der Waals surface area contributed by atoms with Crippen LogP contribution in [0.3, 0.4) is 0 Å². The Bertz CT molecular complexity index is 1200. The molecular weight excluding hydrogens is 469 g/mol. The SMILES string of the molecule is CNc1nc(Cl)nc2c1ncn2[C@@H]1O[C@H](C(=O)N2CCN(c3ccc(F)cc3)CC2)[C@@H](O)[C@H]1O. The van der Waals surface area contributed by atoms with Gasteiger partial charge >= 0.3 is 0 Å². The molecule has 0 bridgehead atoms. The zero-order valence-corrected chi connectivity index (χ0v) is 18.9. The predicted molar refractivity (Wildman–Crippen MR) is 121 cm³/mol. The third-order valence-corrected chi connectivity index (χ3v) is 6.34. The molecule has 1 amide bonds. The van der Waals surface area contributed by atoms with Gasteiger partial charge in [0.25, 0.3) is 5.91 Å². The monoisotopic (exact) mass is 491 g/mol. The Labute approximate surface area is 198 Å². The van der Waals surface area contributed by atoms with Gasteiger partial charge in [-0.05, 0) is 35.9 Å². The van der Waals surface area contributed by atoms with Crippen molar-refractivity contribution < 1.29 is 24.1 Å². The van der Waals surface area contributed by atoms with E-state index in [0.717, 1.165) is 5.69 Å². The number of amides is 1. The molecule has 3 aromatic rings. The van der Waals surface area contributed by atoms with E-state index >= 15 is 0 Å². The Morgan fingerprint density at radius 3 is 2.53 bits per heavy atom. The lowest BCUT2D eigenvalue weighted by molar-refractivity contribution is -0.148. The van der Waals surface area contributed by atoms with Crippen LogP contribution in [0.1, 0.15) is 6.23 Å². The van der Waals surface area contributed by atoms with Crippen LogP contribution >= 0.6 is 11.6 Å². The van der Waals surface area contributed by atoms with Crippen molar-refractivity contribution in [2.75, 3.05) is 43.4 Å². The van der Waals surface area contributed by atoms with Crippen molar-refractivity contribution in [1.82, 2.24) is 24.4 Å². The van der Waals surface area contributed by atoms with E-state index in [1.807, 2.05) is 4.90 Å². The molecule has 0 unspecified atom stereocenters. The van der Waals surface area contributed by atoms with E-state index in [-0.39, 0.29) is 11.1 Å². The van der Waals surface area contributed by atoms with E-state index in [2.05, 4.69) is 20.3 Å². The van der Waals surface area contributed by atoms with Gasteiger partial charge in [0.05, 0.1) is 6.33 Å². The lowest BCUT2D eigenvalue weighted by atomic mass is 10.1. The molecule has 4 atom stereocenters. The van der Waals surface area contributed by atoms with Gasteiger partial charge in [-0.2, -0.15) is 9.97 Å². The fourth-order valence-electron chi connectivity index (χ4n) is 4.36. The number of nitrogens with zero attached hydrogens (tertiary/aromatic N) is 6. The second-order valence-corrected chi connectivity index (χ2v) is 8.47. The number of hydrogen-bond acceptors (Lipinski definition) is 9. The summed E-state index contributed by atoms with van der Waals surface area (Å²) in [4.78, 5) is 29.3. The summed E-state index contributed by atoms with van der Waals surface area (Å²) in [6.45, 7) is 1.87. The Kier molecular flexibility index (Phi) is 5.98. The smallest absolute Gasteiger partial charge is 0.254 e. The van der Waals surface area contributed by atoms with E-state index in [9.17, 15) is 19.4 Å². The number of imidazole rings is 1. The summed E-state index contributed by atoms with van der Waals surface area (Å²) >= 11 is 6.01. The van der Waals surface area contributed by atoms with Gasteiger partial charge in [0.1, 0.15) is 18.0 Å². The number of nitrogens with one attached hydrogen (secondary N) is 1. The zero-order valence-electron chi connectivity index (χ0n) is 18.2. The van der Waals surface area contributed by atoms with Gasteiger partial charge in [-0.3, -0.25) is 9.36 Å². The topological polar surface area (TPSA) is 129 Å². The molecule has 180 valence electrons. The standard InChI is InChI=1S/C21H23ClFN7O4/c1-24-17-13-18(27-21(22)26-17)30(10-25-13)20-15(32)14(31)16(34-20)19(33)29-8-6-28(7-9-29)12-4-2-11(23)3-5-12/h2-5,10,14-16,20,31-32H,6-9H2,1H3,(H,24,26,27)/t14-,15+,16-,20+/m0/s1. The van der Waals surface area contributed by atoms with Gasteiger partial charge in [-0.1, -0.05) is 0 Å². The van der Waals surface area contributed by atoms with Crippen LogP contribution in [0.15, 0.2) is 30.6 Å². The lowest BCUT2D eigenvalue weighted by Gasteiger charge is -2.37. The molecule has 2 aromatic heterocycles. The van der Waals surface area contributed by atoms with E-state index in [0.29, 0.717) is 43.2 Å². The van der Waals surface area contributed by atoms with Crippen LogP contribution in [0.2, 0.25) is 5.28 Å². The van der Waals surface area contributed by atoms with Gasteiger partial charge < -0.3 is 30.1 Å². The molecule has 2 aliphatic heterocycles. The van der Waals surface area contributed by atoms with E-state index in [1.165, 1.54) is 23.0 Å². The molecule has 34 heavy (non-hydrogen) atoms. The number of fused-ring (bicyclic) bond motifs is 1. The molecule has 4 heterocycles. The van der Waals surface area contributed by atoms with Crippen LogP contribution < -0.4 is 10.2 Å². The average molecular weight is 492 g/mol. The predicted octanol–water partition coefficient (Wildman–Crippen LogP) is 0.628. The zero-order chi connectivity index (χ0) is 24.0. The van der Waals surface area contributed by atoms with Crippen LogP contribution in [0.5, 0.6) is 0 Å². The van der Waals surface area contributed by atoms with Crippen molar-refractivity contribution in [3.63, 3.8) is 0 Å². The molecule has 11 nitrogen and oxygen atoms in total. The summed E-state index contributed by atoms with van der Waals surface area (Å²) in [5, 5.41) is 24.2. The first kappa shape index (κ1) is 22.7. The van der Waals surface area contributed by atoms with Crippen LogP contribution in [0.4, 0.5) is 15.9 Å². The lowest BCUT2D eigenvalue weighted by Crippen LogP contribution is -2.53. The van der Waals surface area contributed by atoms with Crippen molar-refractivity contribution in [3.05, 3.63) is 41.7 Å². The first-order chi connectivity index (χ1) is 16.4. The Morgan fingerprint density at radius 2 is 1.85 bits per heavy atom. The number of aliphatic hydroxyl groups is 2. The Hall–Kier alpha value is -3.06. The van der Waals surface area contributed by atoms with Gasteiger partial charge in [-0.25, -0.2) is 9.37 Å². The maximum absolute atomic E-state index is 13.2. The summed E-state index contributed by atoms with van der Waals surface area (Å²) in [5.41, 5.74) is 1.57. The van der Waals surface area contributed by atoms with Gasteiger partial charge in [0.2, 0.25) is 5.28 Å². The molecule has 5 rings (SSSR count). The second kappa shape index (κ2) is 8.95. The van der Waals surface area contributed by atoms with Crippen molar-refractivity contribution in [1.29, 1.82) is 0 Å². The van der Waals surface area contributed by atoms with Crippen molar-refractivity contribution in [2.24, 2.45) is 0 Å². The highest BCUT2D eigenvalue weighted by Gasteiger charge is 2.49. The molecular formula is C21H23ClFN7O4. The molecule has 13 heteroatoms. The number of anilines is 2. The molecule has 1 aromatic carbocycles. The Balaban J connectivity index is 1.30. The number of halogens is 2. The quantitative estimate of drug-likeness (QED) is 0.450. The van der Waals surface area contributed by atoms with Crippen LogP contribution in [-0.2, 0) is 9.53 Å². The molecule has 0 saturated carbocycles. The fourth-order valence-corrected chi connectivity index (χ4v) is 4.53. The summed E-state index contributed by atoms with van der Waals surface area (Å²) in [7, 11) is 1.66.